The van der Waals surface area contributed by atoms with Crippen LogP contribution >= 0.6 is 0 Å². The van der Waals surface area contributed by atoms with Crippen LogP contribution in [0.15, 0.2) is 39.8 Å². The molecule has 0 bridgehead atoms. The molecule has 3 rings (SSSR count). The minimum Gasteiger partial charge on any atom is -0.420 e. The molecule has 2 amide bonds. The van der Waals surface area contributed by atoms with Crippen molar-refractivity contribution in [3.8, 4) is 0 Å². The smallest absolute Gasteiger partial charge is 0.314 e. The number of anilines is 2. The van der Waals surface area contributed by atoms with E-state index in [1.165, 1.54) is 12.1 Å². The van der Waals surface area contributed by atoms with Gasteiger partial charge in [0.15, 0.2) is 0 Å². The number of carbonyl (C=O) groups excluding carboxylic acids is 2. The predicted molar refractivity (Wildman–Crippen MR) is 68.7 cm³/mol. The van der Waals surface area contributed by atoms with Crippen LogP contribution in [-0.4, -0.2) is 37.2 Å². The minimum atomic E-state index is -0.620. The number of hydrogen-bond donors (Lipinski definition) is 2. The topological polar surface area (TPSA) is 149 Å². The van der Waals surface area contributed by atoms with Crippen LogP contribution in [0.2, 0.25) is 0 Å². The zero-order valence-electron chi connectivity index (χ0n) is 10.8. The molecule has 2 N–H and O–H groups in total. The van der Waals surface area contributed by atoms with Crippen LogP contribution in [0, 0.1) is 0 Å². The van der Waals surface area contributed by atoms with Gasteiger partial charge in [0.05, 0.1) is 0 Å². The molecule has 22 heavy (non-hydrogen) atoms. The van der Waals surface area contributed by atoms with Crippen LogP contribution in [0.4, 0.5) is 11.6 Å². The van der Waals surface area contributed by atoms with Crippen LogP contribution in [-0.2, 0) is 0 Å². The highest BCUT2D eigenvalue weighted by Crippen LogP contribution is 2.11. The standard InChI is InChI=1S/C11H7N7O4/c19-8(10-17-12-4-21-10)15-6-2-1-3-7(14-6)16-9(20)11-18-13-5-22-11/h1-5H,(H2,14,15,16,19,20). The van der Waals surface area contributed by atoms with Gasteiger partial charge in [0.2, 0.25) is 12.8 Å². The zero-order chi connectivity index (χ0) is 15.4. The molecule has 0 aliphatic rings. The van der Waals surface area contributed by atoms with Gasteiger partial charge in [-0.1, -0.05) is 6.07 Å². The van der Waals surface area contributed by atoms with Gasteiger partial charge in [0.25, 0.3) is 0 Å². The molecular weight excluding hydrogens is 294 g/mol. The van der Waals surface area contributed by atoms with Gasteiger partial charge in [0, 0.05) is 0 Å². The predicted octanol–water partition coefficient (Wildman–Crippen LogP) is 0.352. The van der Waals surface area contributed by atoms with Crippen molar-refractivity contribution < 1.29 is 18.4 Å². The Labute approximate surface area is 121 Å². The van der Waals surface area contributed by atoms with Crippen LogP contribution in [0.1, 0.15) is 21.4 Å². The number of nitrogens with zero attached hydrogens (tertiary/aromatic N) is 5. The van der Waals surface area contributed by atoms with Gasteiger partial charge in [-0.3, -0.25) is 9.59 Å². The molecule has 0 saturated heterocycles. The van der Waals surface area contributed by atoms with E-state index in [1.807, 2.05) is 0 Å². The van der Waals surface area contributed by atoms with Gasteiger partial charge >= 0.3 is 23.6 Å². The molecular formula is C11H7N7O4. The Morgan fingerprint density at radius 1 is 0.864 bits per heavy atom. The molecule has 0 saturated carbocycles. The third kappa shape index (κ3) is 2.92. The van der Waals surface area contributed by atoms with E-state index < -0.39 is 11.8 Å². The second-order valence-electron chi connectivity index (χ2n) is 3.80. The first-order chi connectivity index (χ1) is 10.7. The average molecular weight is 301 g/mol. The monoisotopic (exact) mass is 301 g/mol. The molecule has 0 radical (unpaired) electrons. The van der Waals surface area contributed by atoms with E-state index in [1.54, 1.807) is 6.07 Å². The summed E-state index contributed by atoms with van der Waals surface area (Å²) < 4.78 is 9.50. The fraction of sp³-hybridized carbons (Fsp3) is 0. The minimum absolute atomic E-state index is 0.187. The molecule has 0 aliphatic carbocycles. The normalized spacial score (nSPS) is 10.2. The van der Waals surface area contributed by atoms with Gasteiger partial charge in [-0.25, -0.2) is 4.98 Å². The van der Waals surface area contributed by atoms with Crippen molar-refractivity contribution in [1.29, 1.82) is 0 Å². The number of carbonyl (C=O) groups is 2. The molecule has 3 aromatic heterocycles. The van der Waals surface area contributed by atoms with Crippen molar-refractivity contribution in [2.45, 2.75) is 0 Å². The fourth-order valence-corrected chi connectivity index (χ4v) is 1.46. The summed E-state index contributed by atoms with van der Waals surface area (Å²) in [6, 6.07) is 4.63. The van der Waals surface area contributed by atoms with Gasteiger partial charge in [0.1, 0.15) is 11.6 Å². The number of hydrogen-bond acceptors (Lipinski definition) is 9. The number of amides is 2. The molecule has 110 valence electrons. The summed E-state index contributed by atoms with van der Waals surface area (Å²) in [6.07, 6.45) is 2.06. The average Bonchev–Trinajstić information content (AvgIpc) is 3.21. The summed E-state index contributed by atoms with van der Waals surface area (Å²) in [5.41, 5.74) is 0. The maximum Gasteiger partial charge on any atom is 0.314 e. The molecule has 0 fully saturated rings. The quantitative estimate of drug-likeness (QED) is 0.695. The second kappa shape index (κ2) is 5.78. The number of nitrogens with one attached hydrogen (secondary N) is 2. The zero-order valence-corrected chi connectivity index (χ0v) is 10.8. The summed E-state index contributed by atoms with van der Waals surface area (Å²) in [4.78, 5) is 27.5. The lowest BCUT2D eigenvalue weighted by Crippen LogP contribution is -2.16. The van der Waals surface area contributed by atoms with E-state index in [-0.39, 0.29) is 23.4 Å². The third-order valence-corrected chi connectivity index (χ3v) is 2.34. The Morgan fingerprint density at radius 3 is 1.77 bits per heavy atom. The molecule has 0 atom stereocenters. The lowest BCUT2D eigenvalue weighted by molar-refractivity contribution is 0.0983. The maximum absolute atomic E-state index is 11.7. The van der Waals surface area contributed by atoms with Crippen LogP contribution in [0.5, 0.6) is 0 Å². The highest BCUT2D eigenvalue weighted by molar-refractivity contribution is 6.01. The Kier molecular flexibility index (Phi) is 3.51. The maximum atomic E-state index is 11.7. The van der Waals surface area contributed by atoms with Crippen molar-refractivity contribution in [3.05, 3.63) is 42.8 Å². The van der Waals surface area contributed by atoms with Crippen molar-refractivity contribution in [3.63, 3.8) is 0 Å². The van der Waals surface area contributed by atoms with E-state index in [0.29, 0.717) is 0 Å². The molecule has 11 heteroatoms. The summed E-state index contributed by atoms with van der Waals surface area (Å²) in [6.45, 7) is 0. The summed E-state index contributed by atoms with van der Waals surface area (Å²) in [7, 11) is 0. The van der Waals surface area contributed by atoms with Crippen molar-refractivity contribution in [2.24, 2.45) is 0 Å². The SMILES string of the molecule is O=C(Nc1cccc(NC(=O)c2nnco2)n1)c1nnco1. The number of aromatic nitrogens is 5. The van der Waals surface area contributed by atoms with E-state index >= 15 is 0 Å². The summed E-state index contributed by atoms with van der Waals surface area (Å²) in [5, 5.41) is 18.6. The summed E-state index contributed by atoms with van der Waals surface area (Å²) >= 11 is 0. The molecule has 0 spiro atoms. The Bertz CT molecular complexity index is 721. The van der Waals surface area contributed by atoms with E-state index in [9.17, 15) is 9.59 Å². The lowest BCUT2D eigenvalue weighted by atomic mass is 10.4. The Hall–Kier alpha value is -3.63. The van der Waals surface area contributed by atoms with Gasteiger partial charge in [-0.05, 0) is 12.1 Å². The van der Waals surface area contributed by atoms with Gasteiger partial charge in [-0.2, -0.15) is 0 Å². The molecule has 11 nitrogen and oxygen atoms in total. The Balaban J connectivity index is 1.70. The van der Waals surface area contributed by atoms with Crippen LogP contribution < -0.4 is 10.6 Å². The molecule has 3 aromatic rings. The van der Waals surface area contributed by atoms with Gasteiger partial charge < -0.3 is 19.5 Å². The molecule has 0 aliphatic heterocycles. The summed E-state index contributed by atoms with van der Waals surface area (Å²) in [5.74, 6) is -1.28. The van der Waals surface area contributed by atoms with Crippen molar-refractivity contribution >= 4 is 23.5 Å². The molecule has 3 heterocycles. The van der Waals surface area contributed by atoms with Crippen LogP contribution in [0.3, 0.4) is 0 Å². The van der Waals surface area contributed by atoms with E-state index in [0.717, 1.165) is 12.8 Å². The first kappa shape index (κ1) is 13.4. The third-order valence-electron chi connectivity index (χ3n) is 2.34. The Morgan fingerprint density at radius 2 is 1.36 bits per heavy atom. The van der Waals surface area contributed by atoms with Crippen molar-refractivity contribution in [2.75, 3.05) is 10.6 Å². The lowest BCUT2D eigenvalue weighted by Gasteiger charge is -2.05. The van der Waals surface area contributed by atoms with Gasteiger partial charge in [-0.15, -0.1) is 20.4 Å². The number of pyridine rings is 1. The largest absolute Gasteiger partial charge is 0.420 e. The van der Waals surface area contributed by atoms with Crippen molar-refractivity contribution in [1.82, 2.24) is 25.4 Å². The second-order valence-corrected chi connectivity index (χ2v) is 3.80. The fourth-order valence-electron chi connectivity index (χ4n) is 1.46. The molecule has 0 aromatic carbocycles. The first-order valence-electron chi connectivity index (χ1n) is 5.84. The highest BCUT2D eigenvalue weighted by atomic mass is 16.4. The molecule has 0 unspecified atom stereocenters. The van der Waals surface area contributed by atoms with E-state index in [4.69, 9.17) is 8.83 Å². The first-order valence-corrected chi connectivity index (χ1v) is 5.84. The number of rotatable bonds is 4. The van der Waals surface area contributed by atoms with E-state index in [2.05, 4.69) is 36.0 Å². The highest BCUT2D eigenvalue weighted by Gasteiger charge is 2.14. The van der Waals surface area contributed by atoms with Crippen LogP contribution in [0.25, 0.3) is 0 Å².